The first-order valence-electron chi connectivity index (χ1n) is 7.83. The van der Waals surface area contributed by atoms with E-state index in [1.54, 1.807) is 0 Å². The zero-order chi connectivity index (χ0) is 18.5. The van der Waals surface area contributed by atoms with Crippen molar-refractivity contribution in [3.05, 3.63) is 30.1 Å². The Balaban J connectivity index is 1.90. The molecule has 3 aromatic rings. The molecule has 2 aromatic heterocycles. The molecule has 3 heterocycles. The number of alkyl halides is 5. The fraction of sp³-hybridized carbons (Fsp3) is 0.400. The summed E-state index contributed by atoms with van der Waals surface area (Å²) in [6, 6.07) is 2.70. The molecule has 0 amide bonds. The number of fused-ring (bicyclic) bond motifs is 3. The van der Waals surface area contributed by atoms with E-state index in [0.29, 0.717) is 24.6 Å². The Labute approximate surface area is 143 Å². The third-order valence-corrected chi connectivity index (χ3v) is 4.34. The summed E-state index contributed by atoms with van der Waals surface area (Å²) in [4.78, 5) is 6.40. The molecule has 1 aliphatic rings. The third-order valence-electron chi connectivity index (χ3n) is 4.34. The molecule has 138 valence electrons. The van der Waals surface area contributed by atoms with Gasteiger partial charge in [-0.1, -0.05) is 6.07 Å². The first-order valence-corrected chi connectivity index (χ1v) is 7.83. The van der Waals surface area contributed by atoms with Crippen LogP contribution in [0.2, 0.25) is 0 Å². The molecule has 1 fully saturated rings. The van der Waals surface area contributed by atoms with E-state index in [-0.39, 0.29) is 11.0 Å². The molecule has 0 atom stereocenters. The highest BCUT2D eigenvalue weighted by atomic mass is 19.4. The third kappa shape index (κ3) is 2.54. The van der Waals surface area contributed by atoms with E-state index in [1.165, 1.54) is 10.7 Å². The van der Waals surface area contributed by atoms with Gasteiger partial charge < -0.3 is 10.2 Å². The Kier molecular flexibility index (Phi) is 3.72. The molecule has 4 rings (SSSR count). The van der Waals surface area contributed by atoms with Crippen molar-refractivity contribution in [1.29, 1.82) is 0 Å². The van der Waals surface area contributed by atoms with Crippen LogP contribution in [0.3, 0.4) is 0 Å². The molecule has 0 saturated carbocycles. The smallest absolute Gasteiger partial charge is 0.351 e. The van der Waals surface area contributed by atoms with Crippen molar-refractivity contribution in [2.45, 2.75) is 12.1 Å². The van der Waals surface area contributed by atoms with Crippen molar-refractivity contribution in [3.63, 3.8) is 0 Å². The molecule has 0 radical (unpaired) electrons. The van der Waals surface area contributed by atoms with Gasteiger partial charge in [-0.2, -0.15) is 22.0 Å². The first kappa shape index (κ1) is 16.9. The monoisotopic (exact) mass is 372 g/mol. The fourth-order valence-corrected chi connectivity index (χ4v) is 2.99. The molecule has 0 aliphatic carbocycles. The van der Waals surface area contributed by atoms with Crippen LogP contribution in [-0.2, 0) is 5.92 Å². The molecule has 6 nitrogen and oxygen atoms in total. The van der Waals surface area contributed by atoms with Crippen LogP contribution in [0.25, 0.3) is 16.7 Å². The summed E-state index contributed by atoms with van der Waals surface area (Å²) in [5.41, 5.74) is -0.464. The average molecular weight is 372 g/mol. The number of benzene rings is 1. The Bertz CT molecular complexity index is 960. The number of hydrogen-bond donors (Lipinski definition) is 1. The van der Waals surface area contributed by atoms with Crippen molar-refractivity contribution in [1.82, 2.24) is 24.9 Å². The maximum Gasteiger partial charge on any atom is 0.458 e. The Hall–Kier alpha value is -2.56. The first-order chi connectivity index (χ1) is 12.3. The lowest BCUT2D eigenvalue weighted by molar-refractivity contribution is -0.289. The van der Waals surface area contributed by atoms with Gasteiger partial charge in [0.25, 0.3) is 0 Å². The van der Waals surface area contributed by atoms with Crippen LogP contribution in [-0.4, -0.2) is 51.9 Å². The number of nitrogens with one attached hydrogen (secondary N) is 1. The summed E-state index contributed by atoms with van der Waals surface area (Å²) in [5.74, 6) is -4.44. The predicted molar refractivity (Wildman–Crippen MR) is 83.3 cm³/mol. The van der Waals surface area contributed by atoms with Crippen LogP contribution < -0.4 is 10.2 Å². The summed E-state index contributed by atoms with van der Waals surface area (Å²) in [6.45, 7) is 2.84. The van der Waals surface area contributed by atoms with Gasteiger partial charge in [-0.3, -0.25) is 4.40 Å². The van der Waals surface area contributed by atoms with Crippen LogP contribution >= 0.6 is 0 Å². The van der Waals surface area contributed by atoms with E-state index in [0.717, 1.165) is 31.3 Å². The van der Waals surface area contributed by atoms with Crippen molar-refractivity contribution >= 4 is 22.5 Å². The van der Waals surface area contributed by atoms with E-state index >= 15 is 0 Å². The molecule has 1 saturated heterocycles. The molecule has 11 heteroatoms. The zero-order valence-corrected chi connectivity index (χ0v) is 13.3. The van der Waals surface area contributed by atoms with Gasteiger partial charge in [0.05, 0.1) is 11.0 Å². The summed E-state index contributed by atoms with van der Waals surface area (Å²) in [6.07, 6.45) is -4.40. The van der Waals surface area contributed by atoms with Gasteiger partial charge in [-0.15, -0.1) is 10.2 Å². The number of piperazine rings is 1. The topological polar surface area (TPSA) is 58.4 Å². The van der Waals surface area contributed by atoms with E-state index in [2.05, 4.69) is 20.5 Å². The Morgan fingerprint density at radius 2 is 1.77 bits per heavy atom. The minimum atomic E-state index is -5.68. The van der Waals surface area contributed by atoms with E-state index in [4.69, 9.17) is 0 Å². The summed E-state index contributed by atoms with van der Waals surface area (Å²) in [5, 5.41) is 10.9. The van der Waals surface area contributed by atoms with Gasteiger partial charge in [-0.05, 0) is 12.1 Å². The molecule has 0 unspecified atom stereocenters. The lowest BCUT2D eigenvalue weighted by atomic mass is 10.1. The average Bonchev–Trinajstić information content (AvgIpc) is 3.10. The molecule has 1 aliphatic heterocycles. The molecule has 1 aromatic carbocycles. The van der Waals surface area contributed by atoms with Crippen molar-refractivity contribution < 1.29 is 22.0 Å². The number of anilines is 1. The highest BCUT2D eigenvalue weighted by molar-refractivity contribution is 5.83. The van der Waals surface area contributed by atoms with Crippen LogP contribution in [0.1, 0.15) is 5.56 Å². The molecular formula is C15H13F5N6. The highest BCUT2D eigenvalue weighted by Gasteiger charge is 2.58. The normalized spacial score (nSPS) is 16.6. The molecule has 0 bridgehead atoms. The fourth-order valence-electron chi connectivity index (χ4n) is 2.99. The number of halogens is 5. The molecule has 1 N–H and O–H groups in total. The van der Waals surface area contributed by atoms with Gasteiger partial charge >= 0.3 is 12.1 Å². The Morgan fingerprint density at radius 1 is 1.04 bits per heavy atom. The van der Waals surface area contributed by atoms with Crippen LogP contribution in [0, 0.1) is 0 Å². The maximum absolute atomic E-state index is 13.7. The summed E-state index contributed by atoms with van der Waals surface area (Å²) >= 11 is 0. The van der Waals surface area contributed by atoms with Crippen molar-refractivity contribution in [2.75, 3.05) is 31.1 Å². The second-order valence-electron chi connectivity index (χ2n) is 5.97. The maximum atomic E-state index is 13.7. The second-order valence-corrected chi connectivity index (χ2v) is 5.97. The lowest BCUT2D eigenvalue weighted by Crippen LogP contribution is -2.44. The number of rotatable bonds is 2. The standard InChI is InChI=1S/C15H13F5N6/c16-14(17,15(18,19)20)9-1-2-10-11(7-9)26-8-22-24-13(26)12(23-10)25-5-3-21-4-6-25/h1-2,7-8,21H,3-6H2. The second kappa shape index (κ2) is 5.73. The van der Waals surface area contributed by atoms with Crippen molar-refractivity contribution in [2.24, 2.45) is 0 Å². The van der Waals surface area contributed by atoms with E-state index in [9.17, 15) is 22.0 Å². The minimum Gasteiger partial charge on any atom is -0.351 e. The minimum absolute atomic E-state index is 0.0882. The van der Waals surface area contributed by atoms with E-state index in [1.807, 2.05) is 4.90 Å². The number of nitrogens with zero attached hydrogens (tertiary/aromatic N) is 5. The van der Waals surface area contributed by atoms with Gasteiger partial charge in [0.2, 0.25) is 5.65 Å². The number of aromatic nitrogens is 4. The molecular weight excluding hydrogens is 359 g/mol. The quantitative estimate of drug-likeness (QED) is 0.700. The zero-order valence-electron chi connectivity index (χ0n) is 13.3. The molecule has 26 heavy (non-hydrogen) atoms. The van der Waals surface area contributed by atoms with Crippen LogP contribution in [0.15, 0.2) is 24.5 Å². The van der Waals surface area contributed by atoms with Crippen molar-refractivity contribution in [3.8, 4) is 0 Å². The Morgan fingerprint density at radius 3 is 2.46 bits per heavy atom. The predicted octanol–water partition coefficient (Wildman–Crippen LogP) is 2.34. The molecule has 0 spiro atoms. The van der Waals surface area contributed by atoms with Gasteiger partial charge in [-0.25, -0.2) is 4.98 Å². The lowest BCUT2D eigenvalue weighted by Gasteiger charge is -2.28. The van der Waals surface area contributed by atoms with Gasteiger partial charge in [0.15, 0.2) is 5.82 Å². The summed E-state index contributed by atoms with van der Waals surface area (Å²) < 4.78 is 66.8. The largest absolute Gasteiger partial charge is 0.458 e. The van der Waals surface area contributed by atoms with E-state index < -0.39 is 17.7 Å². The summed E-state index contributed by atoms with van der Waals surface area (Å²) in [7, 11) is 0. The van der Waals surface area contributed by atoms with Gasteiger partial charge in [0.1, 0.15) is 6.33 Å². The number of hydrogen-bond acceptors (Lipinski definition) is 5. The SMILES string of the molecule is FC(F)(F)C(F)(F)c1ccc2nc(N3CCNCC3)c3nncn3c2c1. The van der Waals surface area contributed by atoms with Crippen LogP contribution in [0.4, 0.5) is 27.8 Å². The highest BCUT2D eigenvalue weighted by Crippen LogP contribution is 2.44. The van der Waals surface area contributed by atoms with Crippen LogP contribution in [0.5, 0.6) is 0 Å². The van der Waals surface area contributed by atoms with Gasteiger partial charge in [0, 0.05) is 31.7 Å².